The lowest BCUT2D eigenvalue weighted by Gasteiger charge is -2.06. The third-order valence-electron chi connectivity index (χ3n) is 3.79. The van der Waals surface area contributed by atoms with Crippen LogP contribution in [0.1, 0.15) is 16.7 Å². The van der Waals surface area contributed by atoms with E-state index in [1.165, 1.54) is 6.26 Å². The number of carbonyl (C=O) groups excluding carboxylic acids is 1. The highest BCUT2D eigenvalue weighted by Crippen LogP contribution is 2.33. The van der Waals surface area contributed by atoms with Gasteiger partial charge in [-0.25, -0.2) is 13.2 Å². The number of hydrogen-bond acceptors (Lipinski definition) is 4. The fourth-order valence-corrected chi connectivity index (χ4v) is 3.26. The zero-order valence-electron chi connectivity index (χ0n) is 12.9. The van der Waals surface area contributed by atoms with Crippen LogP contribution in [0.25, 0.3) is 11.1 Å². The number of cyclic esters (lactones) is 1. The fourth-order valence-electron chi connectivity index (χ4n) is 2.63. The van der Waals surface area contributed by atoms with E-state index in [0.717, 1.165) is 22.3 Å². The Balaban J connectivity index is 2.10. The number of carbonyl (C=O) groups is 1. The van der Waals surface area contributed by atoms with Gasteiger partial charge >= 0.3 is 5.97 Å². The molecule has 0 saturated heterocycles. The minimum absolute atomic E-state index is 0.195. The van der Waals surface area contributed by atoms with E-state index in [1.54, 1.807) is 24.3 Å². The van der Waals surface area contributed by atoms with Gasteiger partial charge in [0.2, 0.25) is 0 Å². The SMILES string of the molecule is Cc1cccc(C2=C(c3ccc(S(C)(=O)=O)cc3)COC2=O)c1. The molecule has 23 heavy (non-hydrogen) atoms. The topological polar surface area (TPSA) is 60.4 Å². The molecule has 0 aliphatic carbocycles. The first kappa shape index (κ1) is 15.5. The third-order valence-corrected chi connectivity index (χ3v) is 4.92. The van der Waals surface area contributed by atoms with Gasteiger partial charge in [-0.15, -0.1) is 0 Å². The molecular weight excluding hydrogens is 312 g/mol. The number of aryl methyl sites for hydroxylation is 1. The summed E-state index contributed by atoms with van der Waals surface area (Å²) in [5, 5.41) is 0. The van der Waals surface area contributed by atoms with Gasteiger partial charge in [0.25, 0.3) is 0 Å². The number of hydrogen-bond donors (Lipinski definition) is 0. The average Bonchev–Trinajstić information content (AvgIpc) is 2.88. The molecule has 0 unspecified atom stereocenters. The number of esters is 1. The van der Waals surface area contributed by atoms with E-state index < -0.39 is 9.84 Å². The van der Waals surface area contributed by atoms with E-state index in [9.17, 15) is 13.2 Å². The predicted molar refractivity (Wildman–Crippen MR) is 88.5 cm³/mol. The lowest BCUT2D eigenvalue weighted by molar-refractivity contribution is -0.133. The number of sulfone groups is 1. The molecule has 1 aliphatic rings. The van der Waals surface area contributed by atoms with Gasteiger partial charge in [0.1, 0.15) is 6.61 Å². The third kappa shape index (κ3) is 3.05. The highest BCUT2D eigenvalue weighted by Gasteiger charge is 2.27. The van der Waals surface area contributed by atoms with Crippen LogP contribution in [0.3, 0.4) is 0 Å². The molecule has 3 rings (SSSR count). The monoisotopic (exact) mass is 328 g/mol. The van der Waals surface area contributed by atoms with Crippen LogP contribution in [0, 0.1) is 6.92 Å². The van der Waals surface area contributed by atoms with E-state index >= 15 is 0 Å². The van der Waals surface area contributed by atoms with E-state index in [4.69, 9.17) is 4.74 Å². The summed E-state index contributed by atoms with van der Waals surface area (Å²) >= 11 is 0. The summed E-state index contributed by atoms with van der Waals surface area (Å²) in [6.07, 6.45) is 1.17. The fraction of sp³-hybridized carbons (Fsp3) is 0.167. The zero-order chi connectivity index (χ0) is 16.6. The van der Waals surface area contributed by atoms with Crippen molar-refractivity contribution in [1.29, 1.82) is 0 Å². The Morgan fingerprint density at radius 1 is 1.00 bits per heavy atom. The van der Waals surface area contributed by atoms with Crippen LogP contribution in [0.2, 0.25) is 0 Å². The van der Waals surface area contributed by atoms with Gasteiger partial charge in [0, 0.05) is 11.8 Å². The van der Waals surface area contributed by atoms with Gasteiger partial charge in [-0.3, -0.25) is 0 Å². The van der Waals surface area contributed by atoms with Crippen molar-refractivity contribution < 1.29 is 17.9 Å². The summed E-state index contributed by atoms with van der Waals surface area (Å²) in [5.41, 5.74) is 3.98. The average molecular weight is 328 g/mol. The second-order valence-electron chi connectivity index (χ2n) is 5.60. The number of rotatable bonds is 3. The molecule has 0 N–H and O–H groups in total. The van der Waals surface area contributed by atoms with E-state index in [0.29, 0.717) is 5.57 Å². The van der Waals surface area contributed by atoms with Crippen molar-refractivity contribution in [2.45, 2.75) is 11.8 Å². The highest BCUT2D eigenvalue weighted by molar-refractivity contribution is 7.90. The van der Waals surface area contributed by atoms with Gasteiger partial charge in [0.15, 0.2) is 9.84 Å². The van der Waals surface area contributed by atoms with Crippen LogP contribution in [0.5, 0.6) is 0 Å². The van der Waals surface area contributed by atoms with Gasteiger partial charge in [-0.1, -0.05) is 42.0 Å². The van der Waals surface area contributed by atoms with Crippen molar-refractivity contribution in [3.8, 4) is 0 Å². The summed E-state index contributed by atoms with van der Waals surface area (Å²) in [7, 11) is -3.24. The van der Waals surface area contributed by atoms with Crippen molar-refractivity contribution in [3.05, 3.63) is 65.2 Å². The van der Waals surface area contributed by atoms with Crippen LogP contribution in [0.4, 0.5) is 0 Å². The predicted octanol–water partition coefficient (Wildman–Crippen LogP) is 2.87. The first-order valence-corrected chi connectivity index (χ1v) is 9.03. The Bertz CT molecular complexity index is 906. The minimum Gasteiger partial charge on any atom is -0.457 e. The largest absolute Gasteiger partial charge is 0.457 e. The molecule has 1 aliphatic heterocycles. The standard InChI is InChI=1S/C18H16O4S/c1-12-4-3-5-14(10-12)17-16(11-22-18(17)19)13-6-8-15(9-7-13)23(2,20)21/h3-10H,11H2,1-2H3. The van der Waals surface area contributed by atoms with Crippen LogP contribution in [-0.2, 0) is 19.4 Å². The van der Waals surface area contributed by atoms with Crippen molar-refractivity contribution in [2.75, 3.05) is 12.9 Å². The number of benzene rings is 2. The second-order valence-corrected chi connectivity index (χ2v) is 7.61. The van der Waals surface area contributed by atoms with Crippen molar-refractivity contribution in [3.63, 3.8) is 0 Å². The summed E-state index contributed by atoms with van der Waals surface area (Å²) in [6.45, 7) is 2.16. The first-order chi connectivity index (χ1) is 10.9. The molecule has 0 amide bonds. The molecule has 0 radical (unpaired) electrons. The Morgan fingerprint density at radius 2 is 1.70 bits per heavy atom. The molecule has 118 valence electrons. The summed E-state index contributed by atoms with van der Waals surface area (Å²) in [5.74, 6) is -0.349. The van der Waals surface area contributed by atoms with Gasteiger partial charge in [-0.05, 0) is 30.2 Å². The maximum Gasteiger partial charge on any atom is 0.339 e. The van der Waals surface area contributed by atoms with E-state index in [-0.39, 0.29) is 17.5 Å². The normalized spacial score (nSPS) is 15.0. The highest BCUT2D eigenvalue weighted by atomic mass is 32.2. The molecule has 0 bridgehead atoms. The van der Waals surface area contributed by atoms with Crippen molar-refractivity contribution in [2.24, 2.45) is 0 Å². The first-order valence-electron chi connectivity index (χ1n) is 7.14. The summed E-state index contributed by atoms with van der Waals surface area (Å²) in [4.78, 5) is 12.4. The molecule has 2 aromatic rings. The lowest BCUT2D eigenvalue weighted by atomic mass is 9.96. The van der Waals surface area contributed by atoms with E-state index in [2.05, 4.69) is 0 Å². The van der Waals surface area contributed by atoms with Gasteiger partial charge in [-0.2, -0.15) is 0 Å². The molecule has 0 atom stereocenters. The maximum atomic E-state index is 12.1. The molecule has 5 heteroatoms. The molecular formula is C18H16O4S. The molecule has 1 heterocycles. The summed E-state index contributed by atoms with van der Waals surface area (Å²) < 4.78 is 28.3. The molecule has 4 nitrogen and oxygen atoms in total. The van der Waals surface area contributed by atoms with Crippen LogP contribution >= 0.6 is 0 Å². The van der Waals surface area contributed by atoms with E-state index in [1.807, 2.05) is 31.2 Å². The van der Waals surface area contributed by atoms with Gasteiger partial charge < -0.3 is 4.74 Å². The van der Waals surface area contributed by atoms with Crippen molar-refractivity contribution >= 4 is 27.0 Å². The Labute approximate surface area is 135 Å². The quantitative estimate of drug-likeness (QED) is 0.813. The number of ether oxygens (including phenoxy) is 1. The maximum absolute atomic E-state index is 12.1. The molecule has 0 saturated carbocycles. The van der Waals surface area contributed by atoms with Gasteiger partial charge in [0.05, 0.1) is 10.5 Å². The Morgan fingerprint density at radius 3 is 2.30 bits per heavy atom. The van der Waals surface area contributed by atoms with Crippen LogP contribution < -0.4 is 0 Å². The molecule has 0 fully saturated rings. The van der Waals surface area contributed by atoms with Crippen LogP contribution in [0.15, 0.2) is 53.4 Å². The zero-order valence-corrected chi connectivity index (χ0v) is 13.7. The smallest absolute Gasteiger partial charge is 0.339 e. The Hall–Kier alpha value is -2.40. The summed E-state index contributed by atoms with van der Waals surface area (Å²) in [6, 6.07) is 14.2. The van der Waals surface area contributed by atoms with Crippen LogP contribution in [-0.4, -0.2) is 27.2 Å². The minimum atomic E-state index is -3.24. The van der Waals surface area contributed by atoms with Crippen molar-refractivity contribution in [1.82, 2.24) is 0 Å². The molecule has 0 aromatic heterocycles. The molecule has 0 spiro atoms. The molecule has 2 aromatic carbocycles. The Kier molecular flexibility index (Phi) is 3.82. The lowest BCUT2D eigenvalue weighted by Crippen LogP contribution is -1.99. The second kappa shape index (κ2) is 5.66.